The molecule has 0 bridgehead atoms. The van der Waals surface area contributed by atoms with E-state index in [1.807, 2.05) is 0 Å². The molecule has 0 saturated heterocycles. The highest BCUT2D eigenvalue weighted by atomic mass is 19.4. The lowest BCUT2D eigenvalue weighted by atomic mass is 9.98. The second-order valence-electron chi connectivity index (χ2n) is 3.86. The van der Waals surface area contributed by atoms with E-state index in [1.54, 1.807) is 0 Å². The number of ketones is 1. The second kappa shape index (κ2) is 4.08. The number of fused-ring (bicyclic) bond motifs is 1. The van der Waals surface area contributed by atoms with Gasteiger partial charge in [0, 0.05) is 12.1 Å². The number of Topliss-reactive ketones (excluding diaryl/α,β-unsaturated/α-hetero) is 1. The first-order chi connectivity index (χ1) is 8.29. The van der Waals surface area contributed by atoms with Gasteiger partial charge in [-0.05, 0) is 24.1 Å². The van der Waals surface area contributed by atoms with Crippen molar-refractivity contribution in [2.45, 2.75) is 19.0 Å². The average Bonchev–Trinajstić information content (AvgIpc) is 2.25. The highest BCUT2D eigenvalue weighted by molar-refractivity contribution is 6.02. The van der Waals surface area contributed by atoms with E-state index in [0.29, 0.717) is 5.56 Å². The van der Waals surface area contributed by atoms with Gasteiger partial charge in [0.15, 0.2) is 0 Å². The maximum absolute atomic E-state index is 13.4. The lowest BCUT2D eigenvalue weighted by Gasteiger charge is -2.18. The van der Waals surface area contributed by atoms with Gasteiger partial charge < -0.3 is 5.32 Å². The summed E-state index contributed by atoms with van der Waals surface area (Å²) >= 11 is 0. The summed E-state index contributed by atoms with van der Waals surface area (Å²) < 4.78 is 50.1. The molecule has 7 heteroatoms. The third kappa shape index (κ3) is 2.20. The maximum Gasteiger partial charge on any atom is 0.454 e. The number of hydrogen-bond donors (Lipinski definition) is 1. The van der Waals surface area contributed by atoms with Crippen molar-refractivity contribution in [1.29, 1.82) is 0 Å². The Morgan fingerprint density at radius 2 is 1.89 bits per heavy atom. The predicted molar refractivity (Wildman–Crippen MR) is 53.7 cm³/mol. The first kappa shape index (κ1) is 12.5. The number of amides is 1. The fraction of sp³-hybridized carbons (Fsp3) is 0.273. The van der Waals surface area contributed by atoms with Crippen LogP contribution in [0, 0.1) is 5.82 Å². The van der Waals surface area contributed by atoms with E-state index in [2.05, 4.69) is 5.32 Å². The minimum Gasteiger partial charge on any atom is -0.326 e. The summed E-state index contributed by atoms with van der Waals surface area (Å²) in [5.74, 6) is -3.85. The standard InChI is InChI=1S/C11H7F4NO2/c12-7-4-8-5(1-2-9(17)16-8)3-6(7)10(18)11(13,14)15/h3-4H,1-2H2,(H,16,17). The summed E-state index contributed by atoms with van der Waals surface area (Å²) in [6.45, 7) is 0. The van der Waals surface area contributed by atoms with Crippen LogP contribution in [0.2, 0.25) is 0 Å². The number of carbonyl (C=O) groups excluding carboxylic acids is 2. The van der Waals surface area contributed by atoms with Crippen molar-refractivity contribution in [3.63, 3.8) is 0 Å². The molecule has 0 aliphatic carbocycles. The van der Waals surface area contributed by atoms with Gasteiger partial charge >= 0.3 is 6.18 Å². The van der Waals surface area contributed by atoms with Crippen LogP contribution in [0.25, 0.3) is 0 Å². The molecule has 1 aromatic rings. The molecule has 96 valence electrons. The number of aryl methyl sites for hydroxylation is 1. The number of anilines is 1. The van der Waals surface area contributed by atoms with Gasteiger partial charge in [0.25, 0.3) is 5.78 Å². The zero-order valence-electron chi connectivity index (χ0n) is 8.90. The minimum atomic E-state index is -5.12. The quantitative estimate of drug-likeness (QED) is 0.623. The van der Waals surface area contributed by atoms with Crippen LogP contribution in [-0.2, 0) is 11.2 Å². The van der Waals surface area contributed by atoms with Gasteiger partial charge in [-0.15, -0.1) is 0 Å². The molecule has 0 saturated carbocycles. The number of halogens is 4. The smallest absolute Gasteiger partial charge is 0.326 e. The molecule has 0 radical (unpaired) electrons. The van der Waals surface area contributed by atoms with E-state index in [9.17, 15) is 27.2 Å². The first-order valence-electron chi connectivity index (χ1n) is 5.03. The van der Waals surface area contributed by atoms with Gasteiger partial charge in [-0.3, -0.25) is 9.59 Å². The van der Waals surface area contributed by atoms with Crippen LogP contribution in [0.4, 0.5) is 23.2 Å². The minimum absolute atomic E-state index is 0.0955. The molecule has 0 aromatic heterocycles. The van der Waals surface area contributed by atoms with Gasteiger partial charge in [-0.2, -0.15) is 13.2 Å². The number of hydrogen-bond acceptors (Lipinski definition) is 2. The fourth-order valence-corrected chi connectivity index (χ4v) is 1.73. The zero-order chi connectivity index (χ0) is 13.5. The lowest BCUT2D eigenvalue weighted by Crippen LogP contribution is -2.25. The van der Waals surface area contributed by atoms with Crippen LogP contribution in [0.3, 0.4) is 0 Å². The second-order valence-corrected chi connectivity index (χ2v) is 3.86. The molecule has 3 nitrogen and oxygen atoms in total. The summed E-state index contributed by atoms with van der Waals surface area (Å²) in [5.41, 5.74) is -0.580. The van der Waals surface area contributed by atoms with Crippen molar-refractivity contribution in [3.8, 4) is 0 Å². The van der Waals surface area contributed by atoms with Gasteiger partial charge in [0.2, 0.25) is 5.91 Å². The zero-order valence-corrected chi connectivity index (χ0v) is 8.90. The molecular weight excluding hydrogens is 254 g/mol. The average molecular weight is 261 g/mol. The van der Waals surface area contributed by atoms with E-state index in [0.717, 1.165) is 12.1 Å². The number of rotatable bonds is 1. The molecule has 1 heterocycles. The van der Waals surface area contributed by atoms with Crippen molar-refractivity contribution in [2.75, 3.05) is 5.32 Å². The largest absolute Gasteiger partial charge is 0.454 e. The Bertz CT molecular complexity index is 537. The van der Waals surface area contributed by atoms with E-state index >= 15 is 0 Å². The monoisotopic (exact) mass is 261 g/mol. The molecule has 0 atom stereocenters. The van der Waals surface area contributed by atoms with Crippen molar-refractivity contribution < 1.29 is 27.2 Å². The van der Waals surface area contributed by atoms with Crippen LogP contribution >= 0.6 is 0 Å². The highest BCUT2D eigenvalue weighted by Gasteiger charge is 2.41. The Hall–Kier alpha value is -1.92. The van der Waals surface area contributed by atoms with Crippen molar-refractivity contribution >= 4 is 17.4 Å². The summed E-state index contributed by atoms with van der Waals surface area (Å²) in [4.78, 5) is 22.0. The summed E-state index contributed by atoms with van der Waals surface area (Å²) in [6, 6.07) is 1.59. The summed E-state index contributed by atoms with van der Waals surface area (Å²) in [7, 11) is 0. The van der Waals surface area contributed by atoms with Crippen LogP contribution in [-0.4, -0.2) is 17.9 Å². The van der Waals surface area contributed by atoms with Crippen LogP contribution in [0.5, 0.6) is 0 Å². The Labute approximate surface area is 98.8 Å². The molecule has 1 N–H and O–H groups in total. The molecule has 0 spiro atoms. The van der Waals surface area contributed by atoms with E-state index in [-0.39, 0.29) is 24.4 Å². The highest BCUT2D eigenvalue weighted by Crippen LogP contribution is 2.29. The number of carbonyl (C=O) groups is 2. The SMILES string of the molecule is O=C1CCc2cc(C(=O)C(F)(F)F)c(F)cc2N1. The van der Waals surface area contributed by atoms with Crippen LogP contribution in [0.1, 0.15) is 22.3 Å². The lowest BCUT2D eigenvalue weighted by molar-refractivity contribution is -0.116. The normalized spacial score (nSPS) is 15.0. The number of alkyl halides is 3. The molecule has 1 aliphatic heterocycles. The Kier molecular flexibility index (Phi) is 2.84. The van der Waals surface area contributed by atoms with Gasteiger partial charge in [-0.1, -0.05) is 0 Å². The maximum atomic E-state index is 13.4. The summed E-state index contributed by atoms with van der Waals surface area (Å²) in [5, 5.41) is 2.33. The molecule has 0 unspecified atom stereocenters. The van der Waals surface area contributed by atoms with Crippen LogP contribution < -0.4 is 5.32 Å². The molecule has 1 amide bonds. The van der Waals surface area contributed by atoms with Gasteiger partial charge in [0.1, 0.15) is 5.82 Å². The van der Waals surface area contributed by atoms with Crippen molar-refractivity contribution in [3.05, 3.63) is 29.1 Å². The first-order valence-corrected chi connectivity index (χ1v) is 5.03. The Morgan fingerprint density at radius 3 is 2.50 bits per heavy atom. The Balaban J connectivity index is 2.46. The van der Waals surface area contributed by atoms with Crippen LogP contribution in [0.15, 0.2) is 12.1 Å². The van der Waals surface area contributed by atoms with Crippen molar-refractivity contribution in [2.24, 2.45) is 0 Å². The Morgan fingerprint density at radius 1 is 1.22 bits per heavy atom. The summed E-state index contributed by atoms with van der Waals surface area (Å²) in [6.07, 6.45) is -4.84. The van der Waals surface area contributed by atoms with E-state index < -0.39 is 23.3 Å². The van der Waals surface area contributed by atoms with Gasteiger partial charge in [0.05, 0.1) is 5.56 Å². The topological polar surface area (TPSA) is 46.2 Å². The van der Waals surface area contributed by atoms with Crippen molar-refractivity contribution in [1.82, 2.24) is 0 Å². The number of benzene rings is 1. The predicted octanol–water partition coefficient (Wildman–Crippen LogP) is 2.46. The molecule has 2 rings (SSSR count). The third-order valence-corrected chi connectivity index (χ3v) is 2.59. The van der Waals surface area contributed by atoms with Gasteiger partial charge in [-0.25, -0.2) is 4.39 Å². The number of nitrogens with one attached hydrogen (secondary N) is 1. The fourth-order valence-electron chi connectivity index (χ4n) is 1.73. The molecule has 1 aromatic carbocycles. The van der Waals surface area contributed by atoms with E-state index in [1.165, 1.54) is 0 Å². The third-order valence-electron chi connectivity index (χ3n) is 2.59. The molecule has 0 fully saturated rings. The molecular formula is C11H7F4NO2. The van der Waals surface area contributed by atoms with E-state index in [4.69, 9.17) is 0 Å². The molecule has 18 heavy (non-hydrogen) atoms. The molecule has 1 aliphatic rings.